The maximum absolute atomic E-state index is 13.4. The molecule has 0 aliphatic rings. The zero-order valence-electron chi connectivity index (χ0n) is 21.3. The summed E-state index contributed by atoms with van der Waals surface area (Å²) >= 11 is 3.45. The number of nitrogens with zero attached hydrogens (tertiary/aromatic N) is 4. The van der Waals surface area contributed by atoms with Crippen molar-refractivity contribution in [1.29, 1.82) is 0 Å². The van der Waals surface area contributed by atoms with Crippen LogP contribution < -0.4 is 10.3 Å². The number of aryl methyl sites for hydroxylation is 2. The smallest absolute Gasteiger partial charge is 0.343 e. The molecule has 0 aliphatic heterocycles. The van der Waals surface area contributed by atoms with E-state index < -0.39 is 5.97 Å². The lowest BCUT2D eigenvalue weighted by Gasteiger charge is -2.11. The van der Waals surface area contributed by atoms with Crippen molar-refractivity contribution in [2.45, 2.75) is 40.0 Å². The summed E-state index contributed by atoms with van der Waals surface area (Å²) in [4.78, 5) is 29.4. The molecule has 0 saturated carbocycles. The highest BCUT2D eigenvalue weighted by molar-refractivity contribution is 9.10. The Labute approximate surface area is 223 Å². The van der Waals surface area contributed by atoms with Crippen molar-refractivity contribution in [1.82, 2.24) is 14.2 Å². The summed E-state index contributed by atoms with van der Waals surface area (Å²) < 4.78 is 14.4. The normalized spacial score (nSPS) is 11.4. The number of hydrogen-bond acceptors (Lipinski definition) is 6. The van der Waals surface area contributed by atoms with Gasteiger partial charge in [0.2, 0.25) is 0 Å². The number of aromatic nitrogens is 3. The number of carbonyl (C=O) groups excluding carboxylic acids is 1. The van der Waals surface area contributed by atoms with Crippen LogP contribution in [0.2, 0.25) is 0 Å². The van der Waals surface area contributed by atoms with Crippen LogP contribution in [-0.2, 0) is 16.0 Å². The number of carbonyl (C=O) groups is 1. The fourth-order valence-corrected chi connectivity index (χ4v) is 4.50. The number of methoxy groups -OCH3 is 1. The molecule has 2 aromatic carbocycles. The Balaban J connectivity index is 1.67. The summed E-state index contributed by atoms with van der Waals surface area (Å²) in [6, 6.07) is 15.0. The van der Waals surface area contributed by atoms with Gasteiger partial charge in [-0.3, -0.25) is 4.79 Å². The Hall–Kier alpha value is -3.72. The summed E-state index contributed by atoms with van der Waals surface area (Å²) in [5.41, 5.74) is 4.31. The predicted octanol–water partition coefficient (Wildman–Crippen LogP) is 5.34. The molecule has 0 bridgehead atoms. The van der Waals surface area contributed by atoms with Gasteiger partial charge < -0.3 is 14.0 Å². The Morgan fingerprint density at radius 2 is 1.89 bits per heavy atom. The molecule has 0 fully saturated rings. The minimum Gasteiger partial charge on any atom is -0.482 e. The number of benzene rings is 2. The Kier molecular flexibility index (Phi) is 8.23. The molecule has 0 N–H and O–H groups in total. The van der Waals surface area contributed by atoms with E-state index in [1.807, 2.05) is 56.3 Å². The largest absolute Gasteiger partial charge is 0.482 e. The number of ether oxygens (including phenoxy) is 2. The van der Waals surface area contributed by atoms with Crippen molar-refractivity contribution in [3.8, 4) is 11.4 Å². The van der Waals surface area contributed by atoms with Gasteiger partial charge in [0.05, 0.1) is 24.2 Å². The first kappa shape index (κ1) is 26.3. The Bertz CT molecular complexity index is 1520. The van der Waals surface area contributed by atoms with Gasteiger partial charge in [0.1, 0.15) is 11.6 Å². The van der Waals surface area contributed by atoms with E-state index in [1.54, 1.807) is 12.3 Å². The van der Waals surface area contributed by atoms with Gasteiger partial charge in [-0.25, -0.2) is 9.78 Å². The highest BCUT2D eigenvalue weighted by Gasteiger charge is 2.13. The SMILES string of the molecule is CCCCc1nc2ccc(Br)cc2c(=O)n1N=Cc1cc(C)n(-c2ccc(OCC(=O)OC)cc2)c1C. The molecular formula is C28H29BrN4O4. The molecule has 4 rings (SSSR count). The Morgan fingerprint density at radius 3 is 2.59 bits per heavy atom. The standard InChI is InChI=1S/C28H29BrN4O4/c1-5-6-7-26-31-25-13-8-21(29)15-24(25)28(35)33(26)30-16-20-14-18(2)32(19(20)3)22-9-11-23(12-10-22)37-17-27(34)36-4/h8-16H,5-7,17H2,1-4H3. The van der Waals surface area contributed by atoms with Crippen molar-refractivity contribution in [2.75, 3.05) is 13.7 Å². The second-order valence-electron chi connectivity index (χ2n) is 8.68. The molecule has 0 unspecified atom stereocenters. The molecule has 192 valence electrons. The molecule has 0 atom stereocenters. The fraction of sp³-hybridized carbons (Fsp3) is 0.286. The first-order valence-corrected chi connectivity index (χ1v) is 12.9. The van der Waals surface area contributed by atoms with Gasteiger partial charge >= 0.3 is 5.97 Å². The van der Waals surface area contributed by atoms with Gasteiger partial charge in [-0.15, -0.1) is 0 Å². The first-order valence-electron chi connectivity index (χ1n) is 12.1. The number of rotatable bonds is 9. The second-order valence-corrected chi connectivity index (χ2v) is 9.59. The lowest BCUT2D eigenvalue weighted by atomic mass is 10.2. The van der Waals surface area contributed by atoms with E-state index >= 15 is 0 Å². The van der Waals surface area contributed by atoms with Crippen molar-refractivity contribution in [3.05, 3.63) is 86.1 Å². The quantitative estimate of drug-likeness (QED) is 0.202. The zero-order chi connectivity index (χ0) is 26.5. The lowest BCUT2D eigenvalue weighted by Crippen LogP contribution is -2.22. The molecule has 4 aromatic rings. The van der Waals surface area contributed by atoms with Crippen molar-refractivity contribution in [2.24, 2.45) is 5.10 Å². The molecule has 9 heteroatoms. The molecule has 0 aliphatic carbocycles. The van der Waals surface area contributed by atoms with Crippen molar-refractivity contribution < 1.29 is 14.3 Å². The lowest BCUT2D eigenvalue weighted by molar-refractivity contribution is -0.142. The third kappa shape index (κ3) is 5.83. The molecule has 0 saturated heterocycles. The van der Waals surface area contributed by atoms with Crippen molar-refractivity contribution in [3.63, 3.8) is 0 Å². The molecule has 2 aromatic heterocycles. The summed E-state index contributed by atoms with van der Waals surface area (Å²) in [6.45, 7) is 5.99. The van der Waals surface area contributed by atoms with Crippen LogP contribution in [0.4, 0.5) is 0 Å². The third-order valence-corrected chi connectivity index (χ3v) is 6.58. The second kappa shape index (κ2) is 11.6. The van der Waals surface area contributed by atoms with Gasteiger partial charge in [-0.1, -0.05) is 29.3 Å². The van der Waals surface area contributed by atoms with Gasteiger partial charge in [0.25, 0.3) is 5.56 Å². The summed E-state index contributed by atoms with van der Waals surface area (Å²) in [6.07, 6.45) is 4.29. The molecule has 0 radical (unpaired) electrons. The molecule has 8 nitrogen and oxygen atoms in total. The maximum atomic E-state index is 13.4. The zero-order valence-corrected chi connectivity index (χ0v) is 22.9. The van der Waals surface area contributed by atoms with E-state index in [4.69, 9.17) is 9.72 Å². The highest BCUT2D eigenvalue weighted by Crippen LogP contribution is 2.22. The number of halogens is 1. The average molecular weight is 565 g/mol. The maximum Gasteiger partial charge on any atom is 0.343 e. The number of fused-ring (bicyclic) bond motifs is 1. The van der Waals surface area contributed by atoms with Gasteiger partial charge in [0, 0.05) is 33.5 Å². The fourth-order valence-electron chi connectivity index (χ4n) is 4.14. The van der Waals surface area contributed by atoms with E-state index in [0.29, 0.717) is 28.9 Å². The minimum atomic E-state index is -0.434. The van der Waals surface area contributed by atoms with Crippen molar-refractivity contribution >= 4 is 39.0 Å². The average Bonchev–Trinajstić information content (AvgIpc) is 3.18. The summed E-state index contributed by atoms with van der Waals surface area (Å²) in [5.74, 6) is 0.790. The number of hydrogen-bond donors (Lipinski definition) is 0. The van der Waals surface area contributed by atoms with E-state index in [1.165, 1.54) is 11.8 Å². The molecule has 37 heavy (non-hydrogen) atoms. The Morgan fingerprint density at radius 1 is 1.14 bits per heavy atom. The minimum absolute atomic E-state index is 0.141. The van der Waals surface area contributed by atoms with Crippen LogP contribution in [0.1, 0.15) is 42.5 Å². The third-order valence-electron chi connectivity index (χ3n) is 6.09. The molecule has 0 amide bonds. The van der Waals surface area contributed by atoms with Gasteiger partial charge in [-0.05, 0) is 68.8 Å². The van der Waals surface area contributed by atoms with Crippen LogP contribution in [0.5, 0.6) is 5.75 Å². The number of esters is 1. The van der Waals surface area contributed by atoms with E-state index in [0.717, 1.165) is 40.0 Å². The summed E-state index contributed by atoms with van der Waals surface area (Å²) in [7, 11) is 1.32. The number of unbranched alkanes of at least 4 members (excludes halogenated alkanes) is 1. The van der Waals surface area contributed by atoms with Crippen LogP contribution in [0, 0.1) is 13.8 Å². The topological polar surface area (TPSA) is 87.7 Å². The highest BCUT2D eigenvalue weighted by atomic mass is 79.9. The van der Waals surface area contributed by atoms with Crippen LogP contribution in [0.25, 0.3) is 16.6 Å². The molecular weight excluding hydrogens is 536 g/mol. The monoisotopic (exact) mass is 564 g/mol. The van der Waals surface area contributed by atoms with Gasteiger partial charge in [0.15, 0.2) is 6.61 Å². The van der Waals surface area contributed by atoms with Crippen LogP contribution >= 0.6 is 15.9 Å². The van der Waals surface area contributed by atoms with Crippen LogP contribution in [0.15, 0.2) is 62.9 Å². The summed E-state index contributed by atoms with van der Waals surface area (Å²) in [5, 5.41) is 5.13. The van der Waals surface area contributed by atoms with E-state index in [-0.39, 0.29) is 12.2 Å². The van der Waals surface area contributed by atoms with E-state index in [2.05, 4.69) is 37.3 Å². The van der Waals surface area contributed by atoms with Crippen LogP contribution in [0.3, 0.4) is 0 Å². The first-order chi connectivity index (χ1) is 17.8. The molecule has 2 heterocycles. The van der Waals surface area contributed by atoms with E-state index in [9.17, 15) is 9.59 Å². The van der Waals surface area contributed by atoms with Crippen LogP contribution in [-0.4, -0.2) is 40.1 Å². The predicted molar refractivity (Wildman–Crippen MR) is 148 cm³/mol. The van der Waals surface area contributed by atoms with Gasteiger partial charge in [-0.2, -0.15) is 9.78 Å². The molecule has 0 spiro atoms.